The summed E-state index contributed by atoms with van der Waals surface area (Å²) in [7, 11) is 6.21. The number of nitrogens with two attached hydrogens (primary N) is 1. The van der Waals surface area contributed by atoms with Gasteiger partial charge in [-0.05, 0) is 190 Å². The van der Waals surface area contributed by atoms with Gasteiger partial charge < -0.3 is 105 Å². The number of para-hydroxylation sites is 1. The first-order valence-electron chi connectivity index (χ1n) is 51.5. The van der Waals surface area contributed by atoms with Crippen molar-refractivity contribution in [1.82, 2.24) is 42.5 Å². The fourth-order valence-electron chi connectivity index (χ4n) is 20.7. The molecular weight excluding hydrogens is 1830 g/mol. The Labute approximate surface area is 844 Å². The molecule has 3 saturated carbocycles. The largest absolute Gasteiger partial charge is 0.394 e. The van der Waals surface area contributed by atoms with Gasteiger partial charge in [-0.25, -0.2) is 0 Å². The summed E-state index contributed by atoms with van der Waals surface area (Å²) in [5, 5.41) is 40.2. The summed E-state index contributed by atoms with van der Waals surface area (Å²) in [5.41, 5.74) is 8.40. The van der Waals surface area contributed by atoms with E-state index in [9.17, 15) is 57.8 Å². The zero-order valence-electron chi connectivity index (χ0n) is 86.2. The van der Waals surface area contributed by atoms with Crippen LogP contribution in [0.15, 0.2) is 95.0 Å². The Kier molecular flexibility index (Phi) is 46.0. The number of aliphatic imine (C=N–C) groups is 1. The van der Waals surface area contributed by atoms with E-state index >= 15 is 0 Å². The maximum absolute atomic E-state index is 15.0. The van der Waals surface area contributed by atoms with Gasteiger partial charge in [0, 0.05) is 55.6 Å². The standard InChI is InChI=1S/C108H158N14O21/c1-74(2)97(102(132)114-76(4)99(129)117-87(72-123)101(131)115-82-37-34-79-36-39-91-106(6,84(79)70-82)45-22-47-108(91,8)104(134)119-103(133)107(7)46-21-44-105(5)83-69-75(3)30-31-78(83)35-38-90(105)107)118-100(130)86(116-94(126)43-54-136-58-62-140-66-68-142-64-60-138-56-51-113-92(124)40-41-96(128)121-71-81-25-16-15-23-77(81)32-33-80-24-17-18-28-88(80)121)27-19-20-48-111-95(127)73-143-89-29-14-12-13-26-85(98(89)120-109)110-50-55-137-59-63-141-67-65-139-61-57-135-53-42-93(125)112-49-52-122(9,10)11/h15-18,23-25,28,30-31,34,37,69-70,74,76,86-87,89-91,97,123H,12-14,19-22,26-27,29,35-36,38-68,71-73H2,1-11H3,(H10-,109,110,111,112,113,114,115,116,117,118,119,124,125,126,127,129,130,131,132,133,134)/p+1/t76-,86+,87-,89?,90+,91+,97-,105+,106+,107-,108-/m0/s1. The third-order valence-electron chi connectivity index (χ3n) is 28.8. The molecule has 1 unspecified atom stereocenters. The maximum atomic E-state index is 15.0. The molecule has 4 aromatic rings. The van der Waals surface area contributed by atoms with E-state index in [0.29, 0.717) is 147 Å². The average Bonchev–Trinajstić information content (AvgIpc) is 0.717. The zero-order valence-corrected chi connectivity index (χ0v) is 86.2. The third-order valence-corrected chi connectivity index (χ3v) is 28.8. The van der Waals surface area contributed by atoms with Crippen LogP contribution in [-0.4, -0.2) is 289 Å². The van der Waals surface area contributed by atoms with Gasteiger partial charge in [0.2, 0.25) is 65.0 Å². The van der Waals surface area contributed by atoms with Crippen molar-refractivity contribution in [3.63, 3.8) is 0 Å². The molecule has 143 heavy (non-hydrogen) atoms. The first-order valence-corrected chi connectivity index (χ1v) is 51.5. The summed E-state index contributed by atoms with van der Waals surface area (Å²) in [5.74, 6) is 6.93. The fourth-order valence-corrected chi connectivity index (χ4v) is 20.7. The van der Waals surface area contributed by atoms with Crippen LogP contribution in [0.5, 0.6) is 0 Å². The minimum Gasteiger partial charge on any atom is -0.394 e. The van der Waals surface area contributed by atoms with E-state index < -0.39 is 94.5 Å². The number of quaternary nitrogens is 1. The Hall–Kier alpha value is -10.5. The van der Waals surface area contributed by atoms with E-state index in [1.165, 1.54) is 23.6 Å². The number of rotatable bonds is 57. The van der Waals surface area contributed by atoms with Gasteiger partial charge in [0.15, 0.2) is 0 Å². The fraction of sp³-hybridized carbons (Fsp3) is 0.639. The molecular formula is C108H159N14O21+. The Bertz CT molecular complexity index is 5030. The average molecular weight is 1990 g/mol. The molecule has 12 N–H and O–H groups in total. The molecule has 786 valence electrons. The number of aliphatic hydroxyl groups is 1. The van der Waals surface area contributed by atoms with Gasteiger partial charge in [-0.15, -0.1) is 0 Å². The van der Waals surface area contributed by atoms with Crippen LogP contribution < -0.4 is 58.6 Å². The van der Waals surface area contributed by atoms with E-state index in [1.807, 2.05) is 67.6 Å². The lowest BCUT2D eigenvalue weighted by molar-refractivity contribution is -0.869. The number of likely N-dealkylation sites (N-methyl/N-ethyl adjacent to an activating group) is 1. The molecule has 11 amide bonds. The lowest BCUT2D eigenvalue weighted by Crippen LogP contribution is -2.60. The van der Waals surface area contributed by atoms with Crippen LogP contribution >= 0.6 is 0 Å². The number of carbonyl (C=O) groups is 11. The second-order valence-electron chi connectivity index (χ2n) is 40.8. The molecule has 10 rings (SSSR count). The van der Waals surface area contributed by atoms with Crippen molar-refractivity contribution < 1.29 is 105 Å². The molecule has 0 aromatic heterocycles. The van der Waals surface area contributed by atoms with E-state index in [4.69, 9.17) is 53.5 Å². The van der Waals surface area contributed by atoms with Crippen molar-refractivity contribution in [3.8, 4) is 11.8 Å². The van der Waals surface area contributed by atoms with Crippen molar-refractivity contribution in [3.05, 3.63) is 129 Å². The summed E-state index contributed by atoms with van der Waals surface area (Å²) in [6.07, 6.45) is 11.9. The number of carbonyl (C=O) groups excluding carboxylic acids is 11. The van der Waals surface area contributed by atoms with E-state index in [2.05, 4.69) is 132 Å². The summed E-state index contributed by atoms with van der Waals surface area (Å²) in [6.45, 7) is 21.4. The summed E-state index contributed by atoms with van der Waals surface area (Å²) >= 11 is 0. The Morgan fingerprint density at radius 3 is 1.68 bits per heavy atom. The number of anilines is 2. The third kappa shape index (κ3) is 34.3. The van der Waals surface area contributed by atoms with Crippen LogP contribution in [0, 0.1) is 47.3 Å². The number of nitrogens with one attached hydrogen (secondary N) is 9. The van der Waals surface area contributed by atoms with E-state index in [0.717, 1.165) is 103 Å². The van der Waals surface area contributed by atoms with Crippen LogP contribution in [0.4, 0.5) is 11.4 Å². The van der Waals surface area contributed by atoms with Gasteiger partial charge >= 0.3 is 0 Å². The highest BCUT2D eigenvalue weighted by Gasteiger charge is 2.59. The molecule has 35 nitrogen and oxygen atoms in total. The number of aryl methyl sites for hydroxylation is 3. The molecule has 3 fully saturated rings. The second-order valence-corrected chi connectivity index (χ2v) is 40.8. The molecule has 0 saturated heterocycles. The Balaban J connectivity index is 0.654. The monoisotopic (exact) mass is 1990 g/mol. The second kappa shape index (κ2) is 57.4. The number of hydrogen-bond donors (Lipinski definition) is 11. The molecule has 11 atom stereocenters. The highest BCUT2D eigenvalue weighted by atomic mass is 16.6. The van der Waals surface area contributed by atoms with Crippen LogP contribution in [0.3, 0.4) is 0 Å². The van der Waals surface area contributed by atoms with Crippen LogP contribution in [0.1, 0.15) is 221 Å². The number of hydrazone groups is 1. The summed E-state index contributed by atoms with van der Waals surface area (Å²) < 4.78 is 52.2. The van der Waals surface area contributed by atoms with Gasteiger partial charge in [-0.2, -0.15) is 5.10 Å². The first kappa shape index (κ1) is 114. The highest BCUT2D eigenvalue weighted by Crippen LogP contribution is 2.60. The van der Waals surface area contributed by atoms with Gasteiger partial charge in [-0.3, -0.25) is 63.0 Å². The molecule has 4 aromatic carbocycles. The van der Waals surface area contributed by atoms with Crippen molar-refractivity contribution in [2.45, 2.75) is 244 Å². The quantitative estimate of drug-likeness (QED) is 0.00500. The maximum Gasteiger partial charge on any atom is 0.249 e. The number of ether oxygens (including phenoxy) is 9. The number of fused-ring (bicyclic) bond motifs is 8. The Morgan fingerprint density at radius 1 is 0.510 bits per heavy atom. The number of imide groups is 1. The van der Waals surface area contributed by atoms with Crippen molar-refractivity contribution in [2.24, 2.45) is 44.5 Å². The number of benzene rings is 4. The summed E-state index contributed by atoms with van der Waals surface area (Å²) in [6, 6.07) is 22.4. The predicted octanol–water partition coefficient (Wildman–Crippen LogP) is 7.87. The van der Waals surface area contributed by atoms with Crippen LogP contribution in [0.25, 0.3) is 0 Å². The molecule has 5 aliphatic carbocycles. The van der Waals surface area contributed by atoms with Crippen molar-refractivity contribution in [2.75, 3.05) is 183 Å². The summed E-state index contributed by atoms with van der Waals surface area (Å²) in [4.78, 5) is 159. The number of nitrogens with zero attached hydrogens (tertiary/aromatic N) is 4. The molecule has 0 spiro atoms. The molecule has 6 aliphatic rings. The van der Waals surface area contributed by atoms with Crippen LogP contribution in [-0.2, 0) is 126 Å². The highest BCUT2D eigenvalue weighted by molar-refractivity contribution is 6.44. The first-order chi connectivity index (χ1) is 68.7. The Morgan fingerprint density at radius 2 is 1.06 bits per heavy atom. The lowest BCUT2D eigenvalue weighted by atomic mass is 9.49. The number of aliphatic hydroxyl groups excluding tert-OH is 1. The number of amides is 11. The molecule has 1 aliphatic heterocycles. The smallest absolute Gasteiger partial charge is 0.249 e. The minimum absolute atomic E-state index is 0.00872. The van der Waals surface area contributed by atoms with Gasteiger partial charge in [0.25, 0.3) is 0 Å². The SMILES string of the molecule is Cc1ccc2c(c1)[C@@]1(C)CCC[C@](C)(C(=O)NC(=O)[C@@]3(C)CCC[C@]4(C)c5cc(NC(=O)[C@H](CO)NC(=O)[C@H](C)NC(=O)[C@@H](NC(=O)[C@@H](CCCCNC(=O)COC6CCCCCC(=NCCOCCOCCOCCOCCC(=O)NCC[N+](C)(C)C)C6=NN)NC(=O)CCOCCOCCOCCOCCNC(=O)CCC(=O)N6Cc7ccccc7C#Cc7ccccc76)C(C)C)ccc5CC[C@@H]34)[C@@H]1CC2. The van der Waals surface area contributed by atoms with E-state index in [1.54, 1.807) is 24.8 Å². The zero-order chi connectivity index (χ0) is 103. The molecule has 1 heterocycles. The topological polar surface area (TPSA) is 453 Å². The molecule has 35 heteroatoms. The van der Waals surface area contributed by atoms with Crippen molar-refractivity contribution in [1.29, 1.82) is 0 Å². The molecule has 0 bridgehead atoms. The van der Waals surface area contributed by atoms with Gasteiger partial charge in [0.1, 0.15) is 42.6 Å². The normalized spacial score (nSPS) is 21.6. The minimum atomic E-state index is -1.47. The number of unbranched alkanes of at least 4 members (excludes halogenated alkanes) is 1. The van der Waals surface area contributed by atoms with Crippen molar-refractivity contribution >= 4 is 87.8 Å². The number of hydrogen-bond acceptors (Lipinski definition) is 24. The predicted molar refractivity (Wildman–Crippen MR) is 545 cm³/mol. The molecule has 0 radical (unpaired) electrons. The van der Waals surface area contributed by atoms with E-state index in [-0.39, 0.29) is 145 Å². The van der Waals surface area contributed by atoms with Gasteiger partial charge in [-0.1, -0.05) is 139 Å². The lowest BCUT2D eigenvalue weighted by Gasteiger charge is -2.56. The van der Waals surface area contributed by atoms with Crippen LogP contribution in [0.2, 0.25) is 0 Å². The van der Waals surface area contributed by atoms with Gasteiger partial charge in [0.05, 0.1) is 182 Å².